The van der Waals surface area contributed by atoms with Gasteiger partial charge < -0.3 is 15.4 Å². The third-order valence-electron chi connectivity index (χ3n) is 8.47. The van der Waals surface area contributed by atoms with Gasteiger partial charge in [0.2, 0.25) is 10.0 Å². The molecule has 0 aliphatic carbocycles. The number of hydrogen-bond acceptors (Lipinski definition) is 6. The summed E-state index contributed by atoms with van der Waals surface area (Å²) in [6.07, 6.45) is 2.56. The van der Waals surface area contributed by atoms with Gasteiger partial charge in [-0.1, -0.05) is 18.2 Å². The molecule has 7 bridgehead atoms. The highest BCUT2D eigenvalue weighted by Gasteiger charge is 2.47. The number of nitrogens with zero attached hydrogens (tertiary/aromatic N) is 2. The van der Waals surface area contributed by atoms with Crippen LogP contribution >= 0.6 is 0 Å². The molecular formula is C32H37F3N4O5S. The van der Waals surface area contributed by atoms with Crippen molar-refractivity contribution in [1.82, 2.24) is 14.9 Å². The lowest BCUT2D eigenvalue weighted by atomic mass is 9.89. The molecule has 0 aromatic heterocycles. The lowest BCUT2D eigenvalue weighted by molar-refractivity contribution is -0.137. The number of halogens is 3. The summed E-state index contributed by atoms with van der Waals surface area (Å²) >= 11 is 0. The van der Waals surface area contributed by atoms with Crippen LogP contribution in [0.5, 0.6) is 5.75 Å². The monoisotopic (exact) mass is 646 g/mol. The molecular weight excluding hydrogens is 609 g/mol. The molecule has 2 amide bonds. The van der Waals surface area contributed by atoms with Crippen molar-refractivity contribution in [3.63, 3.8) is 0 Å². The Labute approximate surface area is 261 Å². The lowest BCUT2D eigenvalue weighted by Crippen LogP contribution is -2.50. The molecule has 7 rings (SSSR count). The number of amidine groups is 1. The van der Waals surface area contributed by atoms with Crippen molar-refractivity contribution in [3.8, 4) is 5.75 Å². The summed E-state index contributed by atoms with van der Waals surface area (Å²) < 4.78 is 74.8. The Morgan fingerprint density at radius 3 is 2.47 bits per heavy atom. The number of aliphatic imine (C=N–C) groups is 1. The van der Waals surface area contributed by atoms with Crippen LogP contribution in [0.2, 0.25) is 0 Å². The van der Waals surface area contributed by atoms with Crippen LogP contribution in [0.3, 0.4) is 0 Å². The van der Waals surface area contributed by atoms with Gasteiger partial charge in [-0.25, -0.2) is 12.7 Å². The highest BCUT2D eigenvalue weighted by molar-refractivity contribution is 7.89. The Bertz CT molecular complexity index is 1610. The summed E-state index contributed by atoms with van der Waals surface area (Å²) in [4.78, 5) is 30.3. The molecule has 0 radical (unpaired) electrons. The maximum Gasteiger partial charge on any atom is 0.416 e. The molecule has 2 N–H and O–H groups in total. The molecule has 1 spiro atoms. The predicted molar refractivity (Wildman–Crippen MR) is 164 cm³/mol. The number of piperidine rings is 1. The number of hydrogen-bond donors (Lipinski definition) is 2. The Hall–Kier alpha value is -3.71. The van der Waals surface area contributed by atoms with E-state index in [-0.39, 0.29) is 67.8 Å². The smallest absolute Gasteiger partial charge is 0.416 e. The summed E-state index contributed by atoms with van der Waals surface area (Å²) in [6.45, 7) is 2.61. The van der Waals surface area contributed by atoms with Crippen molar-refractivity contribution < 1.29 is 35.9 Å². The van der Waals surface area contributed by atoms with Gasteiger partial charge in [0.15, 0.2) is 0 Å². The summed E-state index contributed by atoms with van der Waals surface area (Å²) in [7, 11) is -3.68. The van der Waals surface area contributed by atoms with E-state index in [2.05, 4.69) is 15.6 Å². The number of allylic oxidation sites excluding steroid dienone is 1. The number of benzene rings is 2. The quantitative estimate of drug-likeness (QED) is 0.408. The highest BCUT2D eigenvalue weighted by atomic mass is 32.2. The number of nitrogens with one attached hydrogen (secondary N) is 2. The first-order valence-corrected chi connectivity index (χ1v) is 16.7. The molecule has 2 aromatic carbocycles. The Kier molecular flexibility index (Phi) is 9.68. The molecule has 45 heavy (non-hydrogen) atoms. The van der Waals surface area contributed by atoms with Crippen molar-refractivity contribution in [1.29, 1.82) is 0 Å². The maximum absolute atomic E-state index is 13.8. The molecule has 0 unspecified atom stereocenters. The van der Waals surface area contributed by atoms with Crippen molar-refractivity contribution in [3.05, 3.63) is 76.4 Å². The van der Waals surface area contributed by atoms with E-state index in [1.165, 1.54) is 10.4 Å². The zero-order valence-corrected chi connectivity index (χ0v) is 25.9. The summed E-state index contributed by atoms with van der Waals surface area (Å²) in [5, 5.41) is 5.55. The van der Waals surface area contributed by atoms with Gasteiger partial charge in [0.25, 0.3) is 11.8 Å². The standard InChI is InChI=1S/C32H37F3N4O5S/c1-22-18-24-9-8-23(22)10-17-45(42,43)39-14-11-31(12-15-39)30(41)37-28(38-31)25-19-26(32(33,34)35)21-27(20-25)44-16-7-5-3-2-4-6-13-36-29(24)40/h3,5,8-9,18-21H,2,4,6-7,10-17H2,1H3,(H,36,40)(H,37,38,41)/b5-3+. The lowest BCUT2D eigenvalue weighted by Gasteiger charge is -2.34. The summed E-state index contributed by atoms with van der Waals surface area (Å²) in [6, 6.07) is 8.52. The third-order valence-corrected chi connectivity index (χ3v) is 10.3. The highest BCUT2D eigenvalue weighted by Crippen LogP contribution is 2.36. The number of alkyl halides is 3. The molecule has 0 saturated carbocycles. The molecule has 5 aliphatic rings. The van der Waals surface area contributed by atoms with Gasteiger partial charge in [-0.15, -0.1) is 0 Å². The topological polar surface area (TPSA) is 117 Å². The average molecular weight is 647 g/mol. The summed E-state index contributed by atoms with van der Waals surface area (Å²) in [5.41, 5.74) is 0.0374. The van der Waals surface area contributed by atoms with Gasteiger partial charge in [-0.3, -0.25) is 14.6 Å². The van der Waals surface area contributed by atoms with Crippen LogP contribution in [-0.4, -0.2) is 67.9 Å². The number of rotatable bonds is 0. The van der Waals surface area contributed by atoms with E-state index in [0.717, 1.165) is 42.5 Å². The van der Waals surface area contributed by atoms with Crippen LogP contribution in [0.15, 0.2) is 53.5 Å². The molecule has 2 aromatic rings. The first-order valence-electron chi connectivity index (χ1n) is 15.1. The van der Waals surface area contributed by atoms with Crippen LogP contribution in [0.25, 0.3) is 0 Å². The largest absolute Gasteiger partial charge is 0.493 e. The molecule has 1 saturated heterocycles. The van der Waals surface area contributed by atoms with Crippen LogP contribution in [0, 0.1) is 6.92 Å². The van der Waals surface area contributed by atoms with Gasteiger partial charge in [-0.05, 0) is 93.3 Å². The molecule has 9 nitrogen and oxygen atoms in total. The third kappa shape index (κ3) is 7.75. The minimum atomic E-state index is -4.64. The van der Waals surface area contributed by atoms with Crippen molar-refractivity contribution in [2.45, 2.75) is 63.6 Å². The normalized spacial score (nSPS) is 25.4. The molecule has 13 heteroatoms. The number of carbonyl (C=O) groups is 2. The van der Waals surface area contributed by atoms with Gasteiger partial charge in [0.1, 0.15) is 17.1 Å². The second-order valence-electron chi connectivity index (χ2n) is 11.7. The van der Waals surface area contributed by atoms with E-state index in [1.807, 2.05) is 19.1 Å². The Morgan fingerprint density at radius 1 is 0.978 bits per heavy atom. The zero-order valence-electron chi connectivity index (χ0n) is 25.1. The molecule has 5 heterocycles. The maximum atomic E-state index is 13.8. The fourth-order valence-corrected chi connectivity index (χ4v) is 7.24. The van der Waals surface area contributed by atoms with Crippen LogP contribution in [0.4, 0.5) is 13.2 Å². The number of aryl methyl sites for hydroxylation is 2. The van der Waals surface area contributed by atoms with Crippen LogP contribution in [-0.2, 0) is 27.4 Å². The van der Waals surface area contributed by atoms with Gasteiger partial charge in [-0.2, -0.15) is 13.2 Å². The Morgan fingerprint density at radius 2 is 1.73 bits per heavy atom. The van der Waals surface area contributed by atoms with Crippen LogP contribution in [0.1, 0.15) is 71.1 Å². The van der Waals surface area contributed by atoms with E-state index < -0.39 is 33.2 Å². The molecule has 242 valence electrons. The first kappa shape index (κ1) is 32.7. The minimum absolute atomic E-state index is 0.00376. The average Bonchev–Trinajstić information content (AvgIpc) is 3.31. The fourth-order valence-electron chi connectivity index (χ4n) is 5.77. The second-order valence-corrected chi connectivity index (χ2v) is 13.7. The number of amides is 2. The second kappa shape index (κ2) is 13.3. The van der Waals surface area contributed by atoms with E-state index in [4.69, 9.17) is 4.74 Å². The number of ether oxygens (including phenoxy) is 1. The zero-order chi connectivity index (χ0) is 32.2. The predicted octanol–water partition coefficient (Wildman–Crippen LogP) is 4.54. The molecule has 1 fully saturated rings. The van der Waals surface area contributed by atoms with Gasteiger partial charge in [0.05, 0.1) is 17.9 Å². The number of fused-ring (bicyclic) bond motifs is 2. The van der Waals surface area contributed by atoms with Crippen LogP contribution < -0.4 is 15.4 Å². The van der Waals surface area contributed by atoms with E-state index in [1.54, 1.807) is 18.2 Å². The van der Waals surface area contributed by atoms with Crippen molar-refractivity contribution >= 4 is 27.7 Å². The molecule has 5 aliphatic heterocycles. The van der Waals surface area contributed by atoms with E-state index in [0.29, 0.717) is 18.5 Å². The first-order chi connectivity index (χ1) is 21.4. The minimum Gasteiger partial charge on any atom is -0.493 e. The molecule has 0 atom stereocenters. The van der Waals surface area contributed by atoms with E-state index in [9.17, 15) is 31.2 Å². The van der Waals surface area contributed by atoms with Crippen molar-refractivity contribution in [2.75, 3.05) is 32.0 Å². The SMILES string of the molecule is Cc1cc2ccc1CCS(=O)(=O)N1CCC3(CC1)N=C(NC3=O)c1cc(cc(C(F)(F)F)c1)OCC/C=C/CCCCNC2=O. The van der Waals surface area contributed by atoms with Crippen molar-refractivity contribution in [2.24, 2.45) is 4.99 Å². The number of carbonyl (C=O) groups excluding carboxylic acids is 2. The Balaban J connectivity index is 1.39. The van der Waals surface area contributed by atoms with Gasteiger partial charge >= 0.3 is 6.18 Å². The van der Waals surface area contributed by atoms with Gasteiger partial charge in [0, 0.05) is 30.8 Å². The van der Waals surface area contributed by atoms with E-state index >= 15 is 0 Å². The number of sulfonamides is 1. The summed E-state index contributed by atoms with van der Waals surface area (Å²) in [5.74, 6) is -0.786. The fraction of sp³-hybridized carbons (Fsp3) is 0.469.